The van der Waals surface area contributed by atoms with Gasteiger partial charge in [0.2, 0.25) is 0 Å². The number of anilines is 1. The van der Waals surface area contributed by atoms with Crippen LogP contribution in [0.25, 0.3) is 0 Å². The quantitative estimate of drug-likeness (QED) is 0.914. The Morgan fingerprint density at radius 1 is 1.32 bits per heavy atom. The summed E-state index contributed by atoms with van der Waals surface area (Å²) in [5.41, 5.74) is 1.36. The van der Waals surface area contributed by atoms with E-state index in [-0.39, 0.29) is 4.21 Å². The summed E-state index contributed by atoms with van der Waals surface area (Å²) in [6.45, 7) is 1.76. The van der Waals surface area contributed by atoms with E-state index in [0.29, 0.717) is 11.3 Å². The molecule has 0 spiro atoms. The van der Waals surface area contributed by atoms with Crippen LogP contribution >= 0.6 is 27.3 Å². The van der Waals surface area contributed by atoms with E-state index in [1.807, 2.05) is 6.07 Å². The molecular weight excluding hydrogens is 348 g/mol. The molecule has 1 aromatic heterocycles. The van der Waals surface area contributed by atoms with E-state index < -0.39 is 10.0 Å². The molecule has 98 valence electrons. The fraction of sp³-hybridized carbons (Fsp3) is 0.0833. The molecule has 7 heteroatoms. The van der Waals surface area contributed by atoms with Crippen molar-refractivity contribution < 1.29 is 8.42 Å². The summed E-state index contributed by atoms with van der Waals surface area (Å²) in [5.74, 6) is 0. The zero-order chi connectivity index (χ0) is 14.0. The van der Waals surface area contributed by atoms with Crippen molar-refractivity contribution in [3.05, 3.63) is 45.2 Å². The van der Waals surface area contributed by atoms with Crippen LogP contribution in [0.2, 0.25) is 0 Å². The number of hydrogen-bond donors (Lipinski definition) is 1. The van der Waals surface area contributed by atoms with Gasteiger partial charge in [-0.3, -0.25) is 4.72 Å². The molecule has 2 rings (SSSR count). The molecule has 0 amide bonds. The van der Waals surface area contributed by atoms with Gasteiger partial charge in [-0.25, -0.2) is 8.42 Å². The van der Waals surface area contributed by atoms with E-state index in [4.69, 9.17) is 5.26 Å². The number of nitrogens with one attached hydrogen (secondary N) is 1. The summed E-state index contributed by atoms with van der Waals surface area (Å²) in [7, 11) is -3.65. The number of benzene rings is 1. The van der Waals surface area contributed by atoms with Gasteiger partial charge < -0.3 is 0 Å². The summed E-state index contributed by atoms with van der Waals surface area (Å²) >= 11 is 4.34. The molecule has 19 heavy (non-hydrogen) atoms. The fourth-order valence-electron chi connectivity index (χ4n) is 1.54. The Bertz CT molecular complexity index is 760. The number of nitrogens with zero attached hydrogens (tertiary/aromatic N) is 1. The number of hydrogen-bond acceptors (Lipinski definition) is 4. The summed E-state index contributed by atoms with van der Waals surface area (Å²) in [6.07, 6.45) is 0. The predicted octanol–water partition coefficient (Wildman–Crippen LogP) is 3.49. The Morgan fingerprint density at radius 2 is 2.05 bits per heavy atom. The highest BCUT2D eigenvalue weighted by atomic mass is 79.9. The molecule has 0 aliphatic carbocycles. The summed E-state index contributed by atoms with van der Waals surface area (Å²) < 4.78 is 27.7. The molecule has 4 nitrogen and oxygen atoms in total. The second-order valence-corrected chi connectivity index (χ2v) is 8.15. The lowest BCUT2D eigenvalue weighted by molar-refractivity contribution is 0.603. The number of halogens is 1. The number of sulfonamides is 1. The Kier molecular flexibility index (Phi) is 3.94. The molecule has 1 heterocycles. The predicted molar refractivity (Wildman–Crippen MR) is 78.7 cm³/mol. The van der Waals surface area contributed by atoms with E-state index in [1.165, 1.54) is 6.07 Å². The molecule has 0 aliphatic heterocycles. The van der Waals surface area contributed by atoms with Crippen LogP contribution in [0.5, 0.6) is 0 Å². The van der Waals surface area contributed by atoms with Crippen molar-refractivity contribution in [3.8, 4) is 6.07 Å². The van der Waals surface area contributed by atoms with Crippen molar-refractivity contribution in [2.45, 2.75) is 11.1 Å². The Hall–Kier alpha value is -1.36. The number of aryl methyl sites for hydroxylation is 1. The third-order valence-electron chi connectivity index (χ3n) is 2.44. The smallest absolute Gasteiger partial charge is 0.271 e. The first-order chi connectivity index (χ1) is 8.94. The van der Waals surface area contributed by atoms with Crippen molar-refractivity contribution >= 4 is 43.0 Å². The molecule has 0 aliphatic rings. The Labute approximate surface area is 123 Å². The molecule has 0 saturated heterocycles. The Balaban J connectivity index is 2.42. The lowest BCUT2D eigenvalue weighted by atomic mass is 10.1. The van der Waals surface area contributed by atoms with Gasteiger partial charge in [-0.1, -0.05) is 12.1 Å². The van der Waals surface area contributed by atoms with Gasteiger partial charge in [-0.15, -0.1) is 11.3 Å². The van der Waals surface area contributed by atoms with Crippen molar-refractivity contribution in [2.24, 2.45) is 0 Å². The standard InChI is InChI=1S/C12H9BrN2O2S2/c1-8-3-2-4-10(9(8)7-14)15-19(16,17)12-6-5-11(13)18-12/h2-6,15H,1H3. The minimum Gasteiger partial charge on any atom is -0.278 e. The van der Waals surface area contributed by atoms with Gasteiger partial charge in [0.05, 0.1) is 15.0 Å². The zero-order valence-corrected chi connectivity index (χ0v) is 13.1. The van der Waals surface area contributed by atoms with Gasteiger partial charge in [0.25, 0.3) is 10.0 Å². The minimum atomic E-state index is -3.65. The molecular formula is C12H9BrN2O2S2. The third-order valence-corrected chi connectivity index (χ3v) is 5.92. The van der Waals surface area contributed by atoms with E-state index in [1.54, 1.807) is 31.2 Å². The van der Waals surface area contributed by atoms with E-state index in [9.17, 15) is 8.42 Å². The molecule has 0 bridgehead atoms. The zero-order valence-electron chi connectivity index (χ0n) is 9.84. The molecule has 2 aromatic rings. The number of thiophene rings is 1. The first kappa shape index (κ1) is 14.1. The highest BCUT2D eigenvalue weighted by molar-refractivity contribution is 9.11. The lowest BCUT2D eigenvalue weighted by Crippen LogP contribution is -2.12. The van der Waals surface area contributed by atoms with Crippen molar-refractivity contribution in [1.82, 2.24) is 0 Å². The average molecular weight is 357 g/mol. The van der Waals surface area contributed by atoms with Crippen LogP contribution < -0.4 is 4.72 Å². The summed E-state index contributed by atoms with van der Waals surface area (Å²) in [5, 5.41) is 9.08. The van der Waals surface area contributed by atoms with Crippen LogP contribution in [-0.2, 0) is 10.0 Å². The third kappa shape index (κ3) is 2.97. The molecule has 1 aromatic carbocycles. The number of nitriles is 1. The lowest BCUT2D eigenvalue weighted by Gasteiger charge is -2.09. The monoisotopic (exact) mass is 356 g/mol. The summed E-state index contributed by atoms with van der Waals surface area (Å²) in [6, 6.07) is 10.2. The first-order valence-corrected chi connectivity index (χ1v) is 8.31. The van der Waals surface area contributed by atoms with Gasteiger partial charge >= 0.3 is 0 Å². The van der Waals surface area contributed by atoms with E-state index in [0.717, 1.165) is 20.7 Å². The second kappa shape index (κ2) is 5.33. The highest BCUT2D eigenvalue weighted by Crippen LogP contribution is 2.28. The molecule has 0 unspecified atom stereocenters. The van der Waals surface area contributed by atoms with Gasteiger partial charge in [0, 0.05) is 0 Å². The van der Waals surface area contributed by atoms with Crippen LogP contribution in [0, 0.1) is 18.3 Å². The van der Waals surface area contributed by atoms with Gasteiger partial charge in [-0.2, -0.15) is 5.26 Å². The SMILES string of the molecule is Cc1cccc(NS(=O)(=O)c2ccc(Br)s2)c1C#N. The van der Waals surface area contributed by atoms with Crippen LogP contribution in [0.4, 0.5) is 5.69 Å². The van der Waals surface area contributed by atoms with Crippen molar-refractivity contribution in [1.29, 1.82) is 5.26 Å². The maximum absolute atomic E-state index is 12.2. The van der Waals surface area contributed by atoms with E-state index >= 15 is 0 Å². The van der Waals surface area contributed by atoms with Crippen LogP contribution in [0.3, 0.4) is 0 Å². The number of rotatable bonds is 3. The fourth-order valence-corrected chi connectivity index (χ4v) is 4.62. The molecule has 0 radical (unpaired) electrons. The van der Waals surface area contributed by atoms with Crippen LogP contribution in [0.1, 0.15) is 11.1 Å². The van der Waals surface area contributed by atoms with Gasteiger partial charge in [0.15, 0.2) is 0 Å². The molecule has 0 atom stereocenters. The molecule has 0 fully saturated rings. The van der Waals surface area contributed by atoms with Crippen molar-refractivity contribution in [2.75, 3.05) is 4.72 Å². The van der Waals surface area contributed by atoms with E-state index in [2.05, 4.69) is 20.7 Å². The molecule has 1 N–H and O–H groups in total. The summed E-state index contributed by atoms with van der Waals surface area (Å²) in [4.78, 5) is 0. The first-order valence-electron chi connectivity index (χ1n) is 5.22. The topological polar surface area (TPSA) is 70.0 Å². The van der Waals surface area contributed by atoms with Crippen LogP contribution in [0.15, 0.2) is 38.3 Å². The minimum absolute atomic E-state index is 0.199. The largest absolute Gasteiger partial charge is 0.278 e. The van der Waals surface area contributed by atoms with Gasteiger partial charge in [-0.05, 0) is 46.6 Å². The maximum atomic E-state index is 12.2. The Morgan fingerprint density at radius 3 is 2.63 bits per heavy atom. The van der Waals surface area contributed by atoms with Crippen LogP contribution in [-0.4, -0.2) is 8.42 Å². The average Bonchev–Trinajstić information content (AvgIpc) is 2.76. The second-order valence-electron chi connectivity index (χ2n) is 3.77. The maximum Gasteiger partial charge on any atom is 0.271 e. The van der Waals surface area contributed by atoms with Crippen molar-refractivity contribution in [3.63, 3.8) is 0 Å². The highest BCUT2D eigenvalue weighted by Gasteiger charge is 2.18. The normalized spacial score (nSPS) is 11.0. The van der Waals surface area contributed by atoms with Gasteiger partial charge in [0.1, 0.15) is 10.3 Å². The molecule has 0 saturated carbocycles.